The lowest BCUT2D eigenvalue weighted by molar-refractivity contribution is 0.173. The molecule has 4 nitrogen and oxygen atoms in total. The highest BCUT2D eigenvalue weighted by atomic mass is 16.5. The van der Waals surface area contributed by atoms with Crippen molar-refractivity contribution in [3.63, 3.8) is 0 Å². The summed E-state index contributed by atoms with van der Waals surface area (Å²) in [6.07, 6.45) is 5.28. The second-order valence-electron chi connectivity index (χ2n) is 8.69. The van der Waals surface area contributed by atoms with Crippen molar-refractivity contribution in [1.82, 2.24) is 0 Å². The first kappa shape index (κ1) is 25.1. The zero-order valence-corrected chi connectivity index (χ0v) is 19.6. The van der Waals surface area contributed by atoms with Crippen LogP contribution in [0.1, 0.15) is 68.4 Å². The topological polar surface area (TPSA) is 69.9 Å². The molecule has 0 radical (unpaired) electrons. The molecule has 1 unspecified atom stereocenters. The van der Waals surface area contributed by atoms with E-state index >= 15 is 0 Å². The Morgan fingerprint density at radius 1 is 0.968 bits per heavy atom. The minimum absolute atomic E-state index is 0.0989. The average Bonchev–Trinajstić information content (AvgIpc) is 2.78. The molecular formula is C27H38O4. The molecule has 0 saturated carbocycles. The quantitative estimate of drug-likeness (QED) is 0.465. The van der Waals surface area contributed by atoms with Gasteiger partial charge in [0, 0.05) is 5.41 Å². The molecule has 0 fully saturated rings. The molecule has 170 valence electrons. The predicted molar refractivity (Wildman–Crippen MR) is 127 cm³/mol. The van der Waals surface area contributed by atoms with Gasteiger partial charge in [-0.1, -0.05) is 64.1 Å². The van der Waals surface area contributed by atoms with Crippen molar-refractivity contribution in [3.8, 4) is 5.75 Å². The summed E-state index contributed by atoms with van der Waals surface area (Å²) in [4.78, 5) is 0. The maximum Gasteiger partial charge on any atom is 0.119 e. The summed E-state index contributed by atoms with van der Waals surface area (Å²) in [5.41, 5.74) is 4.80. The van der Waals surface area contributed by atoms with E-state index in [1.165, 1.54) is 11.1 Å². The van der Waals surface area contributed by atoms with Crippen molar-refractivity contribution in [2.24, 2.45) is 5.92 Å². The first-order valence-electron chi connectivity index (χ1n) is 11.2. The lowest BCUT2D eigenvalue weighted by Gasteiger charge is -2.33. The third kappa shape index (κ3) is 6.19. The minimum Gasteiger partial charge on any atom is -0.493 e. The number of hydrogen-bond donors (Lipinski definition) is 3. The average molecular weight is 427 g/mol. The van der Waals surface area contributed by atoms with Crippen molar-refractivity contribution in [3.05, 3.63) is 70.3 Å². The fraction of sp³-hybridized carbons (Fsp3) is 0.481. The number of benzene rings is 2. The molecule has 0 bridgehead atoms. The lowest BCUT2D eigenvalue weighted by Crippen LogP contribution is -2.32. The molecule has 0 aromatic heterocycles. The maximum absolute atomic E-state index is 10.1. The second kappa shape index (κ2) is 11.5. The molecule has 2 rings (SSSR count). The van der Waals surface area contributed by atoms with Gasteiger partial charge in [-0.25, -0.2) is 0 Å². The van der Waals surface area contributed by atoms with Gasteiger partial charge < -0.3 is 20.1 Å². The summed E-state index contributed by atoms with van der Waals surface area (Å²) in [7, 11) is 0. The van der Waals surface area contributed by atoms with Crippen molar-refractivity contribution >= 4 is 6.08 Å². The van der Waals surface area contributed by atoms with Crippen molar-refractivity contribution < 1.29 is 20.1 Å². The Bertz CT molecular complexity index is 866. The largest absolute Gasteiger partial charge is 0.493 e. The molecule has 0 amide bonds. The van der Waals surface area contributed by atoms with E-state index in [9.17, 15) is 15.3 Å². The molecule has 0 heterocycles. The molecule has 4 heteroatoms. The van der Waals surface area contributed by atoms with Gasteiger partial charge in [0.05, 0.1) is 25.9 Å². The fourth-order valence-corrected chi connectivity index (χ4v) is 3.78. The highest BCUT2D eigenvalue weighted by Crippen LogP contribution is 2.34. The first-order chi connectivity index (χ1) is 14.8. The number of ether oxygens (including phenoxy) is 1. The Morgan fingerprint density at radius 2 is 1.65 bits per heavy atom. The highest BCUT2D eigenvalue weighted by Gasteiger charge is 2.30. The smallest absolute Gasteiger partial charge is 0.119 e. The Kier molecular flexibility index (Phi) is 9.30. The summed E-state index contributed by atoms with van der Waals surface area (Å²) in [6.45, 7) is 10.8. The van der Waals surface area contributed by atoms with E-state index in [1.807, 2.05) is 32.1 Å². The summed E-state index contributed by atoms with van der Waals surface area (Å²) in [5.74, 6) is 0.894. The van der Waals surface area contributed by atoms with Crippen LogP contribution in [0.15, 0.2) is 42.5 Å². The number of rotatable bonds is 11. The van der Waals surface area contributed by atoms with E-state index in [2.05, 4.69) is 39.0 Å². The Labute approximate surface area is 187 Å². The van der Waals surface area contributed by atoms with Crippen LogP contribution in [0.25, 0.3) is 6.08 Å². The van der Waals surface area contributed by atoms with Gasteiger partial charge in [-0.3, -0.25) is 0 Å². The summed E-state index contributed by atoms with van der Waals surface area (Å²) in [6, 6.07) is 12.0. The number of aryl methyl sites for hydroxylation is 1. The fourth-order valence-electron chi connectivity index (χ4n) is 3.78. The van der Waals surface area contributed by atoms with E-state index in [1.54, 1.807) is 12.1 Å². The van der Waals surface area contributed by atoms with E-state index in [-0.39, 0.29) is 24.5 Å². The van der Waals surface area contributed by atoms with Crippen LogP contribution >= 0.6 is 0 Å². The lowest BCUT2D eigenvalue weighted by atomic mass is 9.75. The molecule has 0 aliphatic heterocycles. The molecule has 0 aliphatic carbocycles. The van der Waals surface area contributed by atoms with Crippen LogP contribution in [0.4, 0.5) is 0 Å². The van der Waals surface area contributed by atoms with Gasteiger partial charge >= 0.3 is 0 Å². The monoisotopic (exact) mass is 426 g/mol. The zero-order chi connectivity index (χ0) is 23.0. The van der Waals surface area contributed by atoms with Crippen LogP contribution in [0.5, 0.6) is 5.75 Å². The molecule has 31 heavy (non-hydrogen) atoms. The van der Waals surface area contributed by atoms with Crippen LogP contribution in [-0.4, -0.2) is 28.0 Å². The molecule has 3 N–H and O–H groups in total. The summed E-state index contributed by atoms with van der Waals surface area (Å²) in [5, 5.41) is 29.0. The van der Waals surface area contributed by atoms with Gasteiger partial charge in [0.1, 0.15) is 5.75 Å². The molecule has 0 saturated heterocycles. The van der Waals surface area contributed by atoms with Crippen LogP contribution in [0, 0.1) is 12.8 Å². The van der Waals surface area contributed by atoms with Gasteiger partial charge in [0.15, 0.2) is 0 Å². The van der Waals surface area contributed by atoms with Gasteiger partial charge in [0.25, 0.3) is 0 Å². The van der Waals surface area contributed by atoms with Crippen molar-refractivity contribution in [2.45, 2.75) is 72.2 Å². The predicted octanol–water partition coefficient (Wildman–Crippen LogP) is 5.15. The van der Waals surface area contributed by atoms with Gasteiger partial charge in [-0.2, -0.15) is 0 Å². The van der Waals surface area contributed by atoms with E-state index < -0.39 is 6.10 Å². The summed E-state index contributed by atoms with van der Waals surface area (Å²) >= 11 is 0. The third-order valence-electron chi connectivity index (χ3n) is 6.43. The first-order valence-corrected chi connectivity index (χ1v) is 11.2. The molecule has 2 aromatic carbocycles. The van der Waals surface area contributed by atoms with E-state index in [0.29, 0.717) is 23.5 Å². The maximum atomic E-state index is 10.1. The van der Waals surface area contributed by atoms with Crippen molar-refractivity contribution in [2.75, 3.05) is 6.61 Å². The SMILES string of the molecule is CCC(CC)(COc1ccc(CO)c(CO)c1)c1ccc(C=CC(O)C(C)C)c(C)c1. The highest BCUT2D eigenvalue weighted by molar-refractivity contribution is 5.55. The third-order valence-corrected chi connectivity index (χ3v) is 6.43. The van der Waals surface area contributed by atoms with Crippen LogP contribution < -0.4 is 4.74 Å². The van der Waals surface area contributed by atoms with Gasteiger partial charge in [0.2, 0.25) is 0 Å². The number of aliphatic hydroxyl groups is 3. The summed E-state index contributed by atoms with van der Waals surface area (Å²) < 4.78 is 6.19. The number of aliphatic hydroxyl groups excluding tert-OH is 3. The molecule has 0 spiro atoms. The Morgan fingerprint density at radius 3 is 2.19 bits per heavy atom. The Hall–Kier alpha value is -2.14. The van der Waals surface area contributed by atoms with Crippen LogP contribution in [-0.2, 0) is 18.6 Å². The Balaban J connectivity index is 2.25. The minimum atomic E-state index is -0.445. The van der Waals surface area contributed by atoms with Crippen molar-refractivity contribution in [1.29, 1.82) is 0 Å². The van der Waals surface area contributed by atoms with Gasteiger partial charge in [-0.05, 0) is 65.6 Å². The second-order valence-corrected chi connectivity index (χ2v) is 8.69. The van der Waals surface area contributed by atoms with E-state index in [0.717, 1.165) is 18.4 Å². The van der Waals surface area contributed by atoms with Crippen LogP contribution in [0.2, 0.25) is 0 Å². The van der Waals surface area contributed by atoms with E-state index in [4.69, 9.17) is 4.74 Å². The molecule has 1 atom stereocenters. The standard InChI is InChI=1S/C27H38O4/c1-6-27(7-2,18-31-25-12-9-22(16-28)23(15-25)17-29)24-11-8-21(20(5)14-24)10-13-26(30)19(3)4/h8-15,19,26,28-30H,6-7,16-18H2,1-5H3. The molecule has 0 aliphatic rings. The normalized spacial score (nSPS) is 13.2. The zero-order valence-electron chi connectivity index (χ0n) is 19.6. The van der Waals surface area contributed by atoms with Crippen LogP contribution in [0.3, 0.4) is 0 Å². The number of hydrogen-bond acceptors (Lipinski definition) is 4. The molecular weight excluding hydrogens is 388 g/mol. The van der Waals surface area contributed by atoms with Gasteiger partial charge in [-0.15, -0.1) is 0 Å². The molecule has 2 aromatic rings.